The van der Waals surface area contributed by atoms with E-state index in [4.69, 9.17) is 25.8 Å². The van der Waals surface area contributed by atoms with Gasteiger partial charge in [-0.25, -0.2) is 0 Å². The van der Waals surface area contributed by atoms with Crippen molar-refractivity contribution in [3.63, 3.8) is 0 Å². The van der Waals surface area contributed by atoms with Crippen LogP contribution in [0.25, 0.3) is 0 Å². The van der Waals surface area contributed by atoms with E-state index < -0.39 is 0 Å². The molecule has 0 radical (unpaired) electrons. The lowest BCUT2D eigenvalue weighted by Crippen LogP contribution is -2.21. The van der Waals surface area contributed by atoms with Gasteiger partial charge in [0.1, 0.15) is 13.2 Å². The number of hydrogen-bond acceptors (Lipinski definition) is 4. The highest BCUT2D eigenvalue weighted by Crippen LogP contribution is 2.50. The Labute approximate surface area is 124 Å². The minimum atomic E-state index is 0.571. The first kappa shape index (κ1) is 14.0. The molecule has 0 aromatic heterocycles. The van der Waals surface area contributed by atoms with Gasteiger partial charge >= 0.3 is 0 Å². The van der Waals surface area contributed by atoms with Gasteiger partial charge in [0, 0.05) is 13.7 Å². The van der Waals surface area contributed by atoms with Gasteiger partial charge in [-0.1, -0.05) is 11.6 Å². The lowest BCUT2D eigenvalue weighted by Gasteiger charge is -2.20. The molecular weight excluding hydrogens is 278 g/mol. The van der Waals surface area contributed by atoms with Crippen LogP contribution in [0.4, 0.5) is 0 Å². The monoisotopic (exact) mass is 297 g/mol. The molecule has 1 fully saturated rings. The number of halogens is 1. The van der Waals surface area contributed by atoms with Crippen LogP contribution in [0.3, 0.4) is 0 Å². The number of nitrogens with one attached hydrogen (secondary N) is 1. The maximum atomic E-state index is 6.28. The van der Waals surface area contributed by atoms with Crippen LogP contribution in [0.5, 0.6) is 11.5 Å². The zero-order chi connectivity index (χ0) is 13.9. The van der Waals surface area contributed by atoms with E-state index in [9.17, 15) is 0 Å². The van der Waals surface area contributed by atoms with E-state index >= 15 is 0 Å². The van der Waals surface area contributed by atoms with E-state index in [0.29, 0.717) is 35.8 Å². The highest BCUT2D eigenvalue weighted by molar-refractivity contribution is 6.32. The zero-order valence-corrected chi connectivity index (χ0v) is 12.4. The Morgan fingerprint density at radius 2 is 2.20 bits per heavy atom. The second-order valence-corrected chi connectivity index (χ2v) is 5.73. The van der Waals surface area contributed by atoms with Crippen LogP contribution in [-0.4, -0.2) is 40.0 Å². The Hall–Kier alpha value is -0.970. The summed E-state index contributed by atoms with van der Waals surface area (Å²) in [5.41, 5.74) is 1.26. The number of fused-ring (bicyclic) bond motifs is 1. The number of ether oxygens (including phenoxy) is 3. The molecule has 1 heterocycles. The summed E-state index contributed by atoms with van der Waals surface area (Å²) in [7, 11) is 1.72. The molecule has 1 aromatic rings. The van der Waals surface area contributed by atoms with Crippen LogP contribution in [0.1, 0.15) is 17.9 Å². The molecule has 1 N–H and O–H groups in total. The standard InChI is InChI=1S/C15H20ClNO3/c1-18-3-2-17-9-11-6-12(11)10-7-13(16)15-14(8-10)19-4-5-20-15/h7-8,11-12,17H,2-6,9H2,1H3. The smallest absolute Gasteiger partial charge is 0.179 e. The molecule has 1 saturated carbocycles. The van der Waals surface area contributed by atoms with Gasteiger partial charge in [0.05, 0.1) is 11.6 Å². The molecule has 1 aliphatic carbocycles. The van der Waals surface area contributed by atoms with Crippen LogP contribution in [0.15, 0.2) is 12.1 Å². The van der Waals surface area contributed by atoms with Crippen molar-refractivity contribution in [2.45, 2.75) is 12.3 Å². The zero-order valence-electron chi connectivity index (χ0n) is 11.7. The van der Waals surface area contributed by atoms with Crippen molar-refractivity contribution in [3.8, 4) is 11.5 Å². The number of methoxy groups -OCH3 is 1. The molecule has 3 rings (SSSR count). The summed E-state index contributed by atoms with van der Waals surface area (Å²) >= 11 is 6.28. The number of benzene rings is 1. The second kappa shape index (κ2) is 6.20. The maximum Gasteiger partial charge on any atom is 0.179 e. The minimum absolute atomic E-state index is 0.571. The molecule has 1 aromatic carbocycles. The van der Waals surface area contributed by atoms with Gasteiger partial charge in [0.15, 0.2) is 11.5 Å². The molecule has 5 heteroatoms. The fourth-order valence-electron chi connectivity index (χ4n) is 2.69. The Kier molecular flexibility index (Phi) is 4.34. The van der Waals surface area contributed by atoms with Gasteiger partial charge in [-0.15, -0.1) is 0 Å². The Bertz CT molecular complexity index is 480. The second-order valence-electron chi connectivity index (χ2n) is 5.33. The maximum absolute atomic E-state index is 6.28. The summed E-state index contributed by atoms with van der Waals surface area (Å²) in [6, 6.07) is 4.11. The summed E-state index contributed by atoms with van der Waals surface area (Å²) in [6.07, 6.45) is 1.20. The van der Waals surface area contributed by atoms with Crippen LogP contribution in [0, 0.1) is 5.92 Å². The SMILES string of the molecule is COCCNCC1CC1c1cc(Cl)c2c(c1)OCCO2. The van der Waals surface area contributed by atoms with Gasteiger partial charge < -0.3 is 19.5 Å². The van der Waals surface area contributed by atoms with E-state index in [1.54, 1.807) is 7.11 Å². The molecule has 0 bridgehead atoms. The van der Waals surface area contributed by atoms with Crippen molar-refractivity contribution in [3.05, 3.63) is 22.7 Å². The molecule has 0 saturated heterocycles. The van der Waals surface area contributed by atoms with Crippen molar-refractivity contribution in [1.29, 1.82) is 0 Å². The van der Waals surface area contributed by atoms with Crippen LogP contribution < -0.4 is 14.8 Å². The van der Waals surface area contributed by atoms with Crippen molar-refractivity contribution in [1.82, 2.24) is 5.32 Å². The van der Waals surface area contributed by atoms with E-state index in [2.05, 4.69) is 11.4 Å². The molecule has 0 amide bonds. The summed E-state index contributed by atoms with van der Waals surface area (Å²) in [5, 5.41) is 4.07. The van der Waals surface area contributed by atoms with Crippen molar-refractivity contribution >= 4 is 11.6 Å². The summed E-state index contributed by atoms with van der Waals surface area (Å²) in [4.78, 5) is 0. The molecule has 110 valence electrons. The summed E-state index contributed by atoms with van der Waals surface area (Å²) in [5.74, 6) is 2.75. The highest BCUT2D eigenvalue weighted by atomic mass is 35.5. The van der Waals surface area contributed by atoms with E-state index in [-0.39, 0.29) is 0 Å². The molecule has 2 atom stereocenters. The third-order valence-electron chi connectivity index (χ3n) is 3.86. The molecule has 1 aliphatic heterocycles. The summed E-state index contributed by atoms with van der Waals surface area (Å²) < 4.78 is 16.2. The molecular formula is C15H20ClNO3. The Morgan fingerprint density at radius 3 is 3.05 bits per heavy atom. The first-order chi connectivity index (χ1) is 9.79. The van der Waals surface area contributed by atoms with Crippen LogP contribution >= 0.6 is 11.6 Å². The van der Waals surface area contributed by atoms with E-state index in [1.807, 2.05) is 6.07 Å². The Morgan fingerprint density at radius 1 is 1.35 bits per heavy atom. The first-order valence-electron chi connectivity index (χ1n) is 7.08. The first-order valence-corrected chi connectivity index (χ1v) is 7.46. The van der Waals surface area contributed by atoms with Gasteiger partial charge in [-0.3, -0.25) is 0 Å². The third-order valence-corrected chi connectivity index (χ3v) is 4.14. The fourth-order valence-corrected chi connectivity index (χ4v) is 2.96. The molecule has 0 spiro atoms. The van der Waals surface area contributed by atoms with E-state index in [0.717, 1.165) is 25.4 Å². The Balaban J connectivity index is 1.60. The predicted molar refractivity (Wildman–Crippen MR) is 78.0 cm³/mol. The molecule has 20 heavy (non-hydrogen) atoms. The van der Waals surface area contributed by atoms with Gasteiger partial charge in [-0.05, 0) is 42.5 Å². The number of rotatable bonds is 6. The highest BCUT2D eigenvalue weighted by Gasteiger charge is 2.38. The topological polar surface area (TPSA) is 39.7 Å². The van der Waals surface area contributed by atoms with E-state index in [1.165, 1.54) is 12.0 Å². The molecule has 4 nitrogen and oxygen atoms in total. The molecule has 2 aliphatic rings. The third kappa shape index (κ3) is 3.03. The van der Waals surface area contributed by atoms with Gasteiger partial charge in [0.2, 0.25) is 0 Å². The van der Waals surface area contributed by atoms with Gasteiger partial charge in [-0.2, -0.15) is 0 Å². The number of hydrogen-bond donors (Lipinski definition) is 1. The lowest BCUT2D eigenvalue weighted by atomic mass is 10.1. The van der Waals surface area contributed by atoms with Crippen LogP contribution in [-0.2, 0) is 4.74 Å². The minimum Gasteiger partial charge on any atom is -0.486 e. The lowest BCUT2D eigenvalue weighted by molar-refractivity contribution is 0.171. The van der Waals surface area contributed by atoms with Crippen LogP contribution in [0.2, 0.25) is 5.02 Å². The van der Waals surface area contributed by atoms with Crippen molar-refractivity contribution in [2.75, 3.05) is 40.0 Å². The molecule has 2 unspecified atom stereocenters. The van der Waals surface area contributed by atoms with Crippen molar-refractivity contribution in [2.24, 2.45) is 5.92 Å². The average Bonchev–Trinajstić information content (AvgIpc) is 3.23. The largest absolute Gasteiger partial charge is 0.486 e. The normalized spacial score (nSPS) is 23.7. The summed E-state index contributed by atoms with van der Waals surface area (Å²) in [6.45, 7) is 3.86. The quantitative estimate of drug-likeness (QED) is 0.819. The van der Waals surface area contributed by atoms with Gasteiger partial charge in [0.25, 0.3) is 0 Å². The average molecular weight is 298 g/mol. The predicted octanol–water partition coefficient (Wildman–Crippen LogP) is 2.45. The fraction of sp³-hybridized carbons (Fsp3) is 0.600. The van der Waals surface area contributed by atoms with Crippen molar-refractivity contribution < 1.29 is 14.2 Å².